The number of amides is 1. The van der Waals surface area contributed by atoms with E-state index in [2.05, 4.69) is 22.1 Å². The number of nitrogens with one attached hydrogen (secondary N) is 2. The van der Waals surface area contributed by atoms with Crippen molar-refractivity contribution in [1.29, 1.82) is 0 Å². The van der Waals surface area contributed by atoms with E-state index < -0.39 is 0 Å². The molecular weight excluding hydrogens is 256 g/mol. The van der Waals surface area contributed by atoms with Gasteiger partial charge in [-0.2, -0.15) is 11.3 Å². The number of carbonyl (C=O) groups is 1. The van der Waals surface area contributed by atoms with Gasteiger partial charge in [0.2, 0.25) is 5.91 Å². The van der Waals surface area contributed by atoms with Gasteiger partial charge < -0.3 is 10.6 Å². The van der Waals surface area contributed by atoms with Crippen LogP contribution in [-0.2, 0) is 4.79 Å². The highest BCUT2D eigenvalue weighted by Crippen LogP contribution is 2.31. The molecule has 1 aliphatic heterocycles. The molecule has 0 radical (unpaired) electrons. The molecule has 0 bridgehead atoms. The zero-order chi connectivity index (χ0) is 13.2. The Labute approximate surface area is 116 Å². The standard InChI is InChI=1S/C15H16N2OS/c1-10(11-6-7-19-9-11)17-15(18)13-8-16-14-5-3-2-4-12(13)14/h2-7,9-10,13,16H,8H2,1H3,(H,17,18). The van der Waals surface area contributed by atoms with Crippen molar-refractivity contribution in [2.24, 2.45) is 0 Å². The Kier molecular flexibility index (Phi) is 3.25. The van der Waals surface area contributed by atoms with Crippen LogP contribution in [0.5, 0.6) is 0 Å². The van der Waals surface area contributed by atoms with Crippen molar-refractivity contribution in [3.8, 4) is 0 Å². The van der Waals surface area contributed by atoms with Crippen LogP contribution in [0.2, 0.25) is 0 Å². The van der Waals surface area contributed by atoms with Gasteiger partial charge in [-0.1, -0.05) is 18.2 Å². The highest BCUT2D eigenvalue weighted by atomic mass is 32.1. The van der Waals surface area contributed by atoms with Crippen LogP contribution in [0.3, 0.4) is 0 Å². The average Bonchev–Trinajstić information content (AvgIpc) is 3.08. The Morgan fingerprint density at radius 2 is 2.26 bits per heavy atom. The van der Waals surface area contributed by atoms with Crippen LogP contribution in [0.4, 0.5) is 5.69 Å². The number of carbonyl (C=O) groups excluding carboxylic acids is 1. The fourth-order valence-corrected chi connectivity index (χ4v) is 3.19. The van der Waals surface area contributed by atoms with Crippen molar-refractivity contribution in [2.45, 2.75) is 18.9 Å². The number of hydrogen-bond acceptors (Lipinski definition) is 3. The molecule has 2 N–H and O–H groups in total. The summed E-state index contributed by atoms with van der Waals surface area (Å²) in [6, 6.07) is 10.1. The molecule has 1 aliphatic rings. The second-order valence-corrected chi connectivity index (χ2v) is 5.59. The number of fused-ring (bicyclic) bond motifs is 1. The number of para-hydroxylation sites is 1. The predicted molar refractivity (Wildman–Crippen MR) is 78.5 cm³/mol. The Hall–Kier alpha value is -1.81. The van der Waals surface area contributed by atoms with Gasteiger partial charge in [0.05, 0.1) is 12.0 Å². The van der Waals surface area contributed by atoms with Gasteiger partial charge in [0.25, 0.3) is 0 Å². The Bertz CT molecular complexity index is 580. The maximum Gasteiger partial charge on any atom is 0.229 e. The molecule has 2 aromatic rings. The van der Waals surface area contributed by atoms with Crippen molar-refractivity contribution >= 4 is 22.9 Å². The van der Waals surface area contributed by atoms with Crippen molar-refractivity contribution in [3.63, 3.8) is 0 Å². The lowest BCUT2D eigenvalue weighted by atomic mass is 10.00. The summed E-state index contributed by atoms with van der Waals surface area (Å²) in [5, 5.41) is 10.5. The first kappa shape index (κ1) is 12.2. The Morgan fingerprint density at radius 3 is 3.05 bits per heavy atom. The van der Waals surface area contributed by atoms with Crippen molar-refractivity contribution < 1.29 is 4.79 Å². The zero-order valence-corrected chi connectivity index (χ0v) is 11.5. The van der Waals surface area contributed by atoms with E-state index in [-0.39, 0.29) is 17.9 Å². The first-order valence-electron chi connectivity index (χ1n) is 6.41. The molecule has 3 rings (SSSR count). The molecule has 98 valence electrons. The number of anilines is 1. The number of rotatable bonds is 3. The maximum atomic E-state index is 12.4. The minimum atomic E-state index is -0.0858. The van der Waals surface area contributed by atoms with E-state index in [0.29, 0.717) is 6.54 Å². The van der Waals surface area contributed by atoms with E-state index in [4.69, 9.17) is 0 Å². The number of thiophene rings is 1. The molecule has 4 heteroatoms. The normalized spacial score (nSPS) is 18.5. The third-order valence-corrected chi connectivity index (χ3v) is 4.25. The fourth-order valence-electron chi connectivity index (χ4n) is 2.44. The van der Waals surface area contributed by atoms with Gasteiger partial charge in [-0.15, -0.1) is 0 Å². The molecule has 2 atom stereocenters. The Balaban J connectivity index is 1.72. The predicted octanol–water partition coefficient (Wildman–Crippen LogP) is 3.13. The minimum Gasteiger partial charge on any atom is -0.384 e. The molecule has 0 saturated heterocycles. The van der Waals surface area contributed by atoms with Gasteiger partial charge in [-0.05, 0) is 40.9 Å². The van der Waals surface area contributed by atoms with E-state index in [0.717, 1.165) is 16.8 Å². The molecule has 0 fully saturated rings. The second-order valence-electron chi connectivity index (χ2n) is 4.81. The summed E-state index contributed by atoms with van der Waals surface area (Å²) >= 11 is 1.65. The Morgan fingerprint density at radius 1 is 1.42 bits per heavy atom. The molecule has 0 aliphatic carbocycles. The zero-order valence-electron chi connectivity index (χ0n) is 10.7. The number of benzene rings is 1. The fraction of sp³-hybridized carbons (Fsp3) is 0.267. The maximum absolute atomic E-state index is 12.4. The van der Waals surface area contributed by atoms with Crippen LogP contribution < -0.4 is 10.6 Å². The molecule has 2 unspecified atom stereocenters. The highest BCUT2D eigenvalue weighted by molar-refractivity contribution is 7.07. The van der Waals surface area contributed by atoms with E-state index in [1.54, 1.807) is 11.3 Å². The lowest BCUT2D eigenvalue weighted by molar-refractivity contribution is -0.122. The van der Waals surface area contributed by atoms with Gasteiger partial charge in [0.15, 0.2) is 0 Å². The average molecular weight is 272 g/mol. The summed E-state index contributed by atoms with van der Waals surface area (Å²) < 4.78 is 0. The summed E-state index contributed by atoms with van der Waals surface area (Å²) in [6.07, 6.45) is 0. The van der Waals surface area contributed by atoms with Crippen LogP contribution in [0.25, 0.3) is 0 Å². The van der Waals surface area contributed by atoms with Gasteiger partial charge in [-0.25, -0.2) is 0 Å². The first-order chi connectivity index (χ1) is 9.25. The molecule has 3 nitrogen and oxygen atoms in total. The molecule has 1 aromatic carbocycles. The largest absolute Gasteiger partial charge is 0.384 e. The first-order valence-corrected chi connectivity index (χ1v) is 7.35. The van der Waals surface area contributed by atoms with E-state index in [9.17, 15) is 4.79 Å². The quantitative estimate of drug-likeness (QED) is 0.901. The van der Waals surface area contributed by atoms with Crippen molar-refractivity contribution in [1.82, 2.24) is 5.32 Å². The van der Waals surface area contributed by atoms with Gasteiger partial charge in [0.1, 0.15) is 0 Å². The van der Waals surface area contributed by atoms with Crippen LogP contribution in [0.15, 0.2) is 41.1 Å². The van der Waals surface area contributed by atoms with Crippen molar-refractivity contribution in [3.05, 3.63) is 52.2 Å². The minimum absolute atomic E-state index is 0.0616. The smallest absolute Gasteiger partial charge is 0.229 e. The van der Waals surface area contributed by atoms with Crippen LogP contribution in [0, 0.1) is 0 Å². The highest BCUT2D eigenvalue weighted by Gasteiger charge is 2.28. The van der Waals surface area contributed by atoms with Gasteiger partial charge >= 0.3 is 0 Å². The molecular formula is C15H16N2OS. The molecule has 1 aromatic heterocycles. The lowest BCUT2D eigenvalue weighted by Crippen LogP contribution is -2.32. The second kappa shape index (κ2) is 5.05. The third kappa shape index (κ3) is 2.36. The summed E-state index contributed by atoms with van der Waals surface area (Å²) in [4.78, 5) is 12.4. The SMILES string of the molecule is CC(NC(=O)C1CNc2ccccc21)c1ccsc1. The van der Waals surface area contributed by atoms with Gasteiger partial charge in [0, 0.05) is 12.2 Å². The van der Waals surface area contributed by atoms with Crippen LogP contribution in [0.1, 0.15) is 30.0 Å². The van der Waals surface area contributed by atoms with E-state index in [1.807, 2.05) is 36.6 Å². The van der Waals surface area contributed by atoms with E-state index >= 15 is 0 Å². The molecule has 1 amide bonds. The van der Waals surface area contributed by atoms with Gasteiger partial charge in [-0.3, -0.25) is 4.79 Å². The van der Waals surface area contributed by atoms with Crippen LogP contribution >= 0.6 is 11.3 Å². The summed E-state index contributed by atoms with van der Waals surface area (Å²) in [7, 11) is 0. The molecule has 0 saturated carbocycles. The summed E-state index contributed by atoms with van der Waals surface area (Å²) in [6.45, 7) is 2.70. The summed E-state index contributed by atoms with van der Waals surface area (Å²) in [5.74, 6) is 0.00781. The molecule has 0 spiro atoms. The van der Waals surface area contributed by atoms with E-state index in [1.165, 1.54) is 0 Å². The molecule has 19 heavy (non-hydrogen) atoms. The van der Waals surface area contributed by atoms with Crippen molar-refractivity contribution in [2.75, 3.05) is 11.9 Å². The van der Waals surface area contributed by atoms with Crippen LogP contribution in [-0.4, -0.2) is 12.5 Å². The number of hydrogen-bond donors (Lipinski definition) is 2. The molecule has 2 heterocycles. The monoisotopic (exact) mass is 272 g/mol. The topological polar surface area (TPSA) is 41.1 Å². The summed E-state index contributed by atoms with van der Waals surface area (Å²) in [5.41, 5.74) is 3.33. The third-order valence-electron chi connectivity index (χ3n) is 3.55. The lowest BCUT2D eigenvalue weighted by Gasteiger charge is -2.16.